The lowest BCUT2D eigenvalue weighted by atomic mass is 10.1. The van der Waals surface area contributed by atoms with Gasteiger partial charge in [-0.05, 0) is 31.2 Å². The molecule has 0 spiro atoms. The number of aryl methyl sites for hydroxylation is 1. The van der Waals surface area contributed by atoms with Crippen molar-refractivity contribution in [3.8, 4) is 5.75 Å². The van der Waals surface area contributed by atoms with Crippen LogP contribution < -0.4 is 10.5 Å². The topological polar surface area (TPSA) is 136 Å². The summed E-state index contributed by atoms with van der Waals surface area (Å²) in [5.41, 5.74) is 6.84. The lowest BCUT2D eigenvalue weighted by Gasteiger charge is -2.20. The van der Waals surface area contributed by atoms with Gasteiger partial charge in [0.25, 0.3) is 0 Å². The van der Waals surface area contributed by atoms with E-state index >= 15 is 0 Å². The maximum absolute atomic E-state index is 11.3. The van der Waals surface area contributed by atoms with Crippen LogP contribution in [-0.4, -0.2) is 46.3 Å². The fourth-order valence-corrected chi connectivity index (χ4v) is 2.16. The molecule has 8 nitrogen and oxygen atoms in total. The molecule has 5 N–H and O–H groups in total. The summed E-state index contributed by atoms with van der Waals surface area (Å²) in [5.74, 6) is -0.529. The zero-order valence-electron chi connectivity index (χ0n) is 13.7. The van der Waals surface area contributed by atoms with Gasteiger partial charge in [-0.3, -0.25) is 10.8 Å². The summed E-state index contributed by atoms with van der Waals surface area (Å²) >= 11 is 0. The Bertz CT molecular complexity index is 807. The molecule has 0 radical (unpaired) electrons. The van der Waals surface area contributed by atoms with Gasteiger partial charge in [-0.2, -0.15) is 0 Å². The Morgan fingerprint density at radius 3 is 2.80 bits per heavy atom. The highest BCUT2D eigenvalue weighted by molar-refractivity contribution is 6.00. The van der Waals surface area contributed by atoms with E-state index in [1.54, 1.807) is 37.3 Å². The number of anilines is 1. The number of hydrogen-bond donors (Lipinski definition) is 4. The van der Waals surface area contributed by atoms with Crippen molar-refractivity contribution in [3.63, 3.8) is 0 Å². The Morgan fingerprint density at radius 1 is 1.40 bits per heavy atom. The number of nitrogens with zero attached hydrogens (tertiary/aromatic N) is 2. The standard InChI is InChI=1S/C17H19N5O3/c1-11-5-6-14(12(9-11)17(23)24)25-8-7-22(10-18)16(20)13-3-2-4-15(19)21-13/h2-6,9-10,18,20H,7-8H2,1H3,(H2,19,21)(H,23,24). The highest BCUT2D eigenvalue weighted by Gasteiger charge is 2.14. The fraction of sp³-hybridized carbons (Fsp3) is 0.176. The maximum atomic E-state index is 11.3. The summed E-state index contributed by atoms with van der Waals surface area (Å²) < 4.78 is 5.53. The van der Waals surface area contributed by atoms with Crippen LogP contribution >= 0.6 is 0 Å². The molecule has 0 aliphatic heterocycles. The van der Waals surface area contributed by atoms with Gasteiger partial charge < -0.3 is 20.5 Å². The molecular formula is C17H19N5O3. The van der Waals surface area contributed by atoms with E-state index in [1.165, 1.54) is 11.0 Å². The van der Waals surface area contributed by atoms with Crippen molar-refractivity contribution in [2.45, 2.75) is 6.92 Å². The summed E-state index contributed by atoms with van der Waals surface area (Å²) in [6.07, 6.45) is 0.990. The Morgan fingerprint density at radius 2 is 2.16 bits per heavy atom. The molecule has 130 valence electrons. The average molecular weight is 341 g/mol. The van der Waals surface area contributed by atoms with Crippen LogP contribution in [0.2, 0.25) is 0 Å². The molecule has 0 aliphatic carbocycles. The van der Waals surface area contributed by atoms with E-state index in [1.807, 2.05) is 0 Å². The second kappa shape index (κ2) is 7.91. The second-order valence-corrected chi connectivity index (χ2v) is 5.27. The number of benzene rings is 1. The third kappa shape index (κ3) is 4.54. The molecule has 1 heterocycles. The number of ether oxygens (including phenoxy) is 1. The summed E-state index contributed by atoms with van der Waals surface area (Å²) in [4.78, 5) is 16.6. The Hall–Kier alpha value is -3.42. The zero-order valence-corrected chi connectivity index (χ0v) is 13.7. The van der Waals surface area contributed by atoms with E-state index in [-0.39, 0.29) is 36.1 Å². The number of amidine groups is 1. The minimum absolute atomic E-state index is 0.00765. The maximum Gasteiger partial charge on any atom is 0.339 e. The molecule has 25 heavy (non-hydrogen) atoms. The van der Waals surface area contributed by atoms with E-state index in [2.05, 4.69) is 4.98 Å². The lowest BCUT2D eigenvalue weighted by molar-refractivity contribution is 0.0692. The Kier molecular flexibility index (Phi) is 5.67. The molecule has 1 aromatic carbocycles. The number of carboxylic acid groups (broad SMARTS) is 1. The van der Waals surface area contributed by atoms with E-state index in [9.17, 15) is 9.90 Å². The highest BCUT2D eigenvalue weighted by Crippen LogP contribution is 2.20. The van der Waals surface area contributed by atoms with Crippen molar-refractivity contribution in [2.24, 2.45) is 0 Å². The number of pyridine rings is 1. The van der Waals surface area contributed by atoms with Crippen LogP contribution in [0.3, 0.4) is 0 Å². The van der Waals surface area contributed by atoms with Gasteiger partial charge in [-0.25, -0.2) is 9.78 Å². The molecule has 2 rings (SSSR count). The number of aromatic nitrogens is 1. The van der Waals surface area contributed by atoms with Crippen molar-refractivity contribution >= 4 is 24.0 Å². The van der Waals surface area contributed by atoms with Crippen LogP contribution in [0.4, 0.5) is 5.82 Å². The Labute approximate surface area is 144 Å². The predicted octanol–water partition coefficient (Wildman–Crippen LogP) is 1.98. The molecule has 1 aromatic heterocycles. The number of aromatic carboxylic acids is 1. The van der Waals surface area contributed by atoms with Gasteiger partial charge in [-0.1, -0.05) is 17.7 Å². The first-order valence-electron chi connectivity index (χ1n) is 7.48. The first-order chi connectivity index (χ1) is 11.9. The quantitative estimate of drug-likeness (QED) is 0.449. The molecule has 0 saturated heterocycles. The monoisotopic (exact) mass is 341 g/mol. The predicted molar refractivity (Wildman–Crippen MR) is 94.6 cm³/mol. The average Bonchev–Trinajstić information content (AvgIpc) is 2.59. The minimum atomic E-state index is -1.07. The van der Waals surface area contributed by atoms with Crippen molar-refractivity contribution < 1.29 is 14.6 Å². The fourth-order valence-electron chi connectivity index (χ4n) is 2.16. The minimum Gasteiger partial charge on any atom is -0.491 e. The number of carboxylic acids is 1. The van der Waals surface area contributed by atoms with Gasteiger partial charge in [-0.15, -0.1) is 0 Å². The zero-order chi connectivity index (χ0) is 18.4. The van der Waals surface area contributed by atoms with Crippen molar-refractivity contribution in [1.29, 1.82) is 10.8 Å². The molecule has 0 fully saturated rings. The molecular weight excluding hydrogens is 322 g/mol. The number of nitrogens with one attached hydrogen (secondary N) is 2. The molecule has 0 saturated carbocycles. The smallest absolute Gasteiger partial charge is 0.339 e. The van der Waals surface area contributed by atoms with Crippen molar-refractivity contribution in [2.75, 3.05) is 18.9 Å². The van der Waals surface area contributed by atoms with Crippen LogP contribution in [0.5, 0.6) is 5.75 Å². The third-order valence-corrected chi connectivity index (χ3v) is 3.41. The van der Waals surface area contributed by atoms with Crippen molar-refractivity contribution in [1.82, 2.24) is 9.88 Å². The number of carbonyl (C=O) groups is 1. The highest BCUT2D eigenvalue weighted by atomic mass is 16.5. The summed E-state index contributed by atoms with van der Waals surface area (Å²) in [6, 6.07) is 9.80. The normalized spacial score (nSPS) is 10.1. The van der Waals surface area contributed by atoms with Crippen LogP contribution in [0, 0.1) is 17.7 Å². The van der Waals surface area contributed by atoms with Gasteiger partial charge in [0.2, 0.25) is 0 Å². The molecule has 2 aromatic rings. The van der Waals surface area contributed by atoms with Gasteiger partial charge in [0.05, 0.1) is 12.9 Å². The van der Waals surface area contributed by atoms with E-state index in [0.717, 1.165) is 11.9 Å². The Balaban J connectivity index is 2.03. The van der Waals surface area contributed by atoms with E-state index in [0.29, 0.717) is 5.69 Å². The van der Waals surface area contributed by atoms with Gasteiger partial charge in [0.1, 0.15) is 29.4 Å². The first kappa shape index (κ1) is 17.9. The summed E-state index contributed by atoms with van der Waals surface area (Å²) in [7, 11) is 0. The van der Waals surface area contributed by atoms with Gasteiger partial charge in [0.15, 0.2) is 5.84 Å². The second-order valence-electron chi connectivity index (χ2n) is 5.27. The number of nitrogen functional groups attached to an aromatic ring is 1. The number of hydrogen-bond acceptors (Lipinski definition) is 6. The summed E-state index contributed by atoms with van der Waals surface area (Å²) in [5, 5.41) is 24.8. The summed E-state index contributed by atoms with van der Waals surface area (Å²) in [6.45, 7) is 2.09. The molecule has 0 amide bonds. The third-order valence-electron chi connectivity index (χ3n) is 3.41. The van der Waals surface area contributed by atoms with Crippen LogP contribution in [-0.2, 0) is 0 Å². The van der Waals surface area contributed by atoms with Gasteiger partial charge in [0, 0.05) is 0 Å². The van der Waals surface area contributed by atoms with Crippen LogP contribution in [0.25, 0.3) is 0 Å². The first-order valence-corrected chi connectivity index (χ1v) is 7.48. The molecule has 8 heteroatoms. The van der Waals surface area contributed by atoms with Crippen LogP contribution in [0.1, 0.15) is 21.6 Å². The number of rotatable bonds is 7. The van der Waals surface area contributed by atoms with E-state index < -0.39 is 5.97 Å². The van der Waals surface area contributed by atoms with Crippen molar-refractivity contribution in [3.05, 3.63) is 53.2 Å². The molecule has 0 bridgehead atoms. The number of nitrogens with two attached hydrogens (primary N) is 1. The van der Waals surface area contributed by atoms with Crippen LogP contribution in [0.15, 0.2) is 36.4 Å². The molecule has 0 aliphatic rings. The van der Waals surface area contributed by atoms with Gasteiger partial charge >= 0.3 is 5.97 Å². The molecule has 0 unspecified atom stereocenters. The van der Waals surface area contributed by atoms with E-state index in [4.69, 9.17) is 21.3 Å². The SMILES string of the molecule is Cc1ccc(OCCN(C=N)C(=N)c2cccc(N)n2)c(C(=O)O)c1. The molecule has 0 atom stereocenters. The lowest BCUT2D eigenvalue weighted by Crippen LogP contribution is -2.34. The largest absolute Gasteiger partial charge is 0.491 e.